The van der Waals surface area contributed by atoms with Gasteiger partial charge in [0.15, 0.2) is 0 Å². The van der Waals surface area contributed by atoms with Gasteiger partial charge < -0.3 is 9.84 Å². The lowest BCUT2D eigenvalue weighted by atomic mass is 9.81. The van der Waals surface area contributed by atoms with Gasteiger partial charge in [0.25, 0.3) is 0 Å². The molecule has 0 bridgehead atoms. The smallest absolute Gasteiger partial charge is 0.232 e. The van der Waals surface area contributed by atoms with Crippen LogP contribution in [0.1, 0.15) is 39.5 Å². The van der Waals surface area contributed by atoms with Crippen LogP contribution in [0.3, 0.4) is 0 Å². The summed E-state index contributed by atoms with van der Waals surface area (Å²) < 4.78 is 20.0. The molecule has 1 saturated carbocycles. The second-order valence-corrected chi connectivity index (χ2v) is 6.98. The minimum absolute atomic E-state index is 0.0388. The van der Waals surface area contributed by atoms with E-state index in [0.717, 1.165) is 31.7 Å². The summed E-state index contributed by atoms with van der Waals surface area (Å²) in [4.78, 5) is 13.8. The highest BCUT2D eigenvalue weighted by molar-refractivity contribution is 6.32. The van der Waals surface area contributed by atoms with E-state index in [1.807, 2.05) is 13.8 Å². The van der Waals surface area contributed by atoms with E-state index in [9.17, 15) is 14.3 Å². The summed E-state index contributed by atoms with van der Waals surface area (Å²) in [7, 11) is 0. The summed E-state index contributed by atoms with van der Waals surface area (Å²) >= 11 is 6.02. The van der Waals surface area contributed by atoms with Gasteiger partial charge in [-0.3, -0.25) is 9.69 Å². The van der Waals surface area contributed by atoms with Crippen LogP contribution in [-0.2, 0) is 4.79 Å². The number of anilines is 1. The number of amides is 1. The standard InChI is InChI=1S/C17H21ClFNO3/c1-9(2)23-15-8-14(13(19)7-12(15)18)20-16(21)10-5-3-4-6-11(10)17(20)22/h7-11,16,21H,3-6H2,1-2H3. The molecule has 1 aromatic rings. The molecule has 3 rings (SSSR count). The monoisotopic (exact) mass is 341 g/mol. The number of aliphatic hydroxyl groups is 1. The first-order chi connectivity index (χ1) is 10.9. The van der Waals surface area contributed by atoms with E-state index in [2.05, 4.69) is 0 Å². The van der Waals surface area contributed by atoms with Crippen LogP contribution in [0.4, 0.5) is 10.1 Å². The predicted octanol–water partition coefficient (Wildman–Crippen LogP) is 3.74. The van der Waals surface area contributed by atoms with Gasteiger partial charge in [-0.2, -0.15) is 0 Å². The van der Waals surface area contributed by atoms with Crippen molar-refractivity contribution < 1.29 is 19.0 Å². The molecular formula is C17H21ClFNO3. The average Bonchev–Trinajstić information content (AvgIpc) is 2.74. The largest absolute Gasteiger partial charge is 0.489 e. The molecule has 1 amide bonds. The fraction of sp³-hybridized carbons (Fsp3) is 0.588. The molecule has 2 aliphatic rings. The highest BCUT2D eigenvalue weighted by Gasteiger charge is 2.49. The highest BCUT2D eigenvalue weighted by atomic mass is 35.5. The molecule has 23 heavy (non-hydrogen) atoms. The number of aliphatic hydroxyl groups excluding tert-OH is 1. The predicted molar refractivity (Wildman–Crippen MR) is 86.1 cm³/mol. The van der Waals surface area contributed by atoms with Crippen molar-refractivity contribution in [3.8, 4) is 5.75 Å². The van der Waals surface area contributed by atoms with E-state index in [-0.39, 0.29) is 34.6 Å². The Bertz CT molecular complexity index is 622. The first kappa shape index (κ1) is 16.5. The van der Waals surface area contributed by atoms with E-state index >= 15 is 0 Å². The lowest BCUT2D eigenvalue weighted by Gasteiger charge is -2.26. The van der Waals surface area contributed by atoms with Gasteiger partial charge in [-0.05, 0) is 32.8 Å². The Labute approximate surface area is 140 Å². The van der Waals surface area contributed by atoms with Crippen molar-refractivity contribution in [3.63, 3.8) is 0 Å². The molecular weight excluding hydrogens is 321 g/mol. The molecule has 126 valence electrons. The van der Waals surface area contributed by atoms with Crippen LogP contribution in [-0.4, -0.2) is 23.3 Å². The zero-order valence-electron chi connectivity index (χ0n) is 13.3. The number of halogens is 2. The molecule has 1 aromatic carbocycles. The number of fused-ring (bicyclic) bond motifs is 1. The number of rotatable bonds is 3. The first-order valence-corrected chi connectivity index (χ1v) is 8.44. The molecule has 4 nitrogen and oxygen atoms in total. The number of carbonyl (C=O) groups excluding carboxylic acids is 1. The summed E-state index contributed by atoms with van der Waals surface area (Å²) in [5.74, 6) is -0.867. The number of carbonyl (C=O) groups is 1. The average molecular weight is 342 g/mol. The van der Waals surface area contributed by atoms with Crippen molar-refractivity contribution in [1.82, 2.24) is 0 Å². The lowest BCUT2D eigenvalue weighted by Crippen LogP contribution is -2.35. The number of hydrogen-bond acceptors (Lipinski definition) is 3. The van der Waals surface area contributed by atoms with E-state index in [0.29, 0.717) is 5.75 Å². The lowest BCUT2D eigenvalue weighted by molar-refractivity contribution is -0.121. The topological polar surface area (TPSA) is 49.8 Å². The highest BCUT2D eigenvalue weighted by Crippen LogP contribution is 2.44. The minimum Gasteiger partial charge on any atom is -0.489 e. The Hall–Kier alpha value is -1.33. The third kappa shape index (κ3) is 2.92. The summed E-state index contributed by atoms with van der Waals surface area (Å²) in [6, 6.07) is 2.55. The van der Waals surface area contributed by atoms with Crippen LogP contribution in [0.2, 0.25) is 5.02 Å². The van der Waals surface area contributed by atoms with Crippen molar-refractivity contribution in [1.29, 1.82) is 0 Å². The Morgan fingerprint density at radius 3 is 2.70 bits per heavy atom. The van der Waals surface area contributed by atoms with Crippen LogP contribution in [0.25, 0.3) is 0 Å². The molecule has 0 radical (unpaired) electrons. The van der Waals surface area contributed by atoms with Crippen molar-refractivity contribution in [3.05, 3.63) is 23.0 Å². The second kappa shape index (κ2) is 6.29. The second-order valence-electron chi connectivity index (χ2n) is 6.58. The maximum Gasteiger partial charge on any atom is 0.232 e. The summed E-state index contributed by atoms with van der Waals surface area (Å²) in [5.41, 5.74) is 0.0388. The summed E-state index contributed by atoms with van der Waals surface area (Å²) in [6.07, 6.45) is 2.38. The van der Waals surface area contributed by atoms with E-state index in [1.165, 1.54) is 11.0 Å². The van der Waals surface area contributed by atoms with Gasteiger partial charge >= 0.3 is 0 Å². The van der Waals surface area contributed by atoms with Crippen molar-refractivity contribution in [2.24, 2.45) is 11.8 Å². The zero-order valence-corrected chi connectivity index (χ0v) is 14.0. The third-order valence-electron chi connectivity index (χ3n) is 4.65. The molecule has 3 atom stereocenters. The van der Waals surface area contributed by atoms with Crippen molar-refractivity contribution in [2.45, 2.75) is 51.9 Å². The van der Waals surface area contributed by atoms with Crippen molar-refractivity contribution in [2.75, 3.05) is 4.90 Å². The van der Waals surface area contributed by atoms with Gasteiger partial charge in [0.05, 0.1) is 16.8 Å². The third-order valence-corrected chi connectivity index (χ3v) is 4.94. The van der Waals surface area contributed by atoms with Crippen LogP contribution in [0.15, 0.2) is 12.1 Å². The minimum atomic E-state index is -0.990. The van der Waals surface area contributed by atoms with Crippen molar-refractivity contribution >= 4 is 23.2 Å². The normalized spacial score (nSPS) is 27.5. The maximum absolute atomic E-state index is 14.4. The van der Waals surface area contributed by atoms with E-state index in [1.54, 1.807) is 0 Å². The van der Waals surface area contributed by atoms with E-state index in [4.69, 9.17) is 16.3 Å². The van der Waals surface area contributed by atoms with Gasteiger partial charge in [0.2, 0.25) is 5.91 Å². The fourth-order valence-electron chi connectivity index (χ4n) is 3.63. The molecule has 2 fully saturated rings. The van der Waals surface area contributed by atoms with Crippen LogP contribution >= 0.6 is 11.6 Å². The summed E-state index contributed by atoms with van der Waals surface area (Å²) in [6.45, 7) is 3.67. The van der Waals surface area contributed by atoms with Gasteiger partial charge in [-0.15, -0.1) is 0 Å². The Balaban J connectivity index is 1.98. The number of hydrogen-bond donors (Lipinski definition) is 1. The van der Waals surface area contributed by atoms with Crippen LogP contribution in [0.5, 0.6) is 5.75 Å². The maximum atomic E-state index is 14.4. The number of nitrogens with zero attached hydrogens (tertiary/aromatic N) is 1. The molecule has 1 aliphatic heterocycles. The Morgan fingerprint density at radius 1 is 1.35 bits per heavy atom. The van der Waals surface area contributed by atoms with Gasteiger partial charge in [-0.25, -0.2) is 4.39 Å². The van der Waals surface area contributed by atoms with Crippen LogP contribution < -0.4 is 9.64 Å². The first-order valence-electron chi connectivity index (χ1n) is 8.07. The van der Waals surface area contributed by atoms with Gasteiger partial charge in [0, 0.05) is 17.9 Å². The molecule has 1 N–H and O–H groups in total. The summed E-state index contributed by atoms with van der Waals surface area (Å²) in [5, 5.41) is 10.7. The van der Waals surface area contributed by atoms with E-state index < -0.39 is 12.0 Å². The fourth-order valence-corrected chi connectivity index (χ4v) is 3.83. The van der Waals surface area contributed by atoms with Crippen LogP contribution in [0, 0.1) is 17.7 Å². The molecule has 1 aliphatic carbocycles. The SMILES string of the molecule is CC(C)Oc1cc(N2C(=O)C3CCCCC3C2O)c(F)cc1Cl. The zero-order chi connectivity index (χ0) is 16.7. The molecule has 0 aromatic heterocycles. The number of ether oxygens (including phenoxy) is 1. The molecule has 3 unspecified atom stereocenters. The quantitative estimate of drug-likeness (QED) is 0.911. The molecule has 0 spiro atoms. The molecule has 1 saturated heterocycles. The Morgan fingerprint density at radius 2 is 2.04 bits per heavy atom. The molecule has 6 heteroatoms. The Kier molecular flexibility index (Phi) is 4.52. The molecule has 1 heterocycles. The number of benzene rings is 1. The van der Waals surface area contributed by atoms with Gasteiger partial charge in [-0.1, -0.05) is 24.4 Å². The van der Waals surface area contributed by atoms with Gasteiger partial charge in [0.1, 0.15) is 17.8 Å².